The smallest absolute Gasteiger partial charge is 0.305 e. The molecule has 2 nitrogen and oxygen atoms in total. The molecule has 16 heavy (non-hydrogen) atoms. The first-order valence-electron chi connectivity index (χ1n) is 5.99. The molecular weight excluding hydrogens is 200 g/mol. The summed E-state index contributed by atoms with van der Waals surface area (Å²) in [6.45, 7) is 4.38. The minimum atomic E-state index is -0.143. The normalized spacial score (nSPS) is 10.1. The third kappa shape index (κ3) is 4.47. The largest absolute Gasteiger partial charge is 0.461 e. The molecule has 0 heterocycles. The van der Waals surface area contributed by atoms with Gasteiger partial charge in [-0.1, -0.05) is 44.5 Å². The fourth-order valence-electron chi connectivity index (χ4n) is 1.45. The Hall–Kier alpha value is -1.31. The molecule has 1 rings (SSSR count). The maximum atomic E-state index is 11.0. The lowest BCUT2D eigenvalue weighted by atomic mass is 10.1. The van der Waals surface area contributed by atoms with Gasteiger partial charge in [-0.25, -0.2) is 0 Å². The van der Waals surface area contributed by atoms with Gasteiger partial charge in [0.05, 0.1) is 0 Å². The number of hydrogen-bond acceptors (Lipinski definition) is 2. The molecule has 0 saturated heterocycles. The number of hydrogen-bond donors (Lipinski definition) is 0. The minimum Gasteiger partial charge on any atom is -0.461 e. The SMILES string of the molecule is CCCCc1ccc(COC(=O)CC)cc1. The van der Waals surface area contributed by atoms with Crippen LogP contribution in [0, 0.1) is 0 Å². The fourth-order valence-corrected chi connectivity index (χ4v) is 1.45. The van der Waals surface area contributed by atoms with Crippen LogP contribution in [0.4, 0.5) is 0 Å². The molecular formula is C14H20O2. The van der Waals surface area contributed by atoms with E-state index in [1.807, 2.05) is 12.1 Å². The summed E-state index contributed by atoms with van der Waals surface area (Å²) in [5, 5.41) is 0. The molecule has 0 radical (unpaired) electrons. The summed E-state index contributed by atoms with van der Waals surface area (Å²) in [6, 6.07) is 8.30. The Labute approximate surface area is 97.6 Å². The second-order valence-electron chi connectivity index (χ2n) is 3.93. The summed E-state index contributed by atoms with van der Waals surface area (Å²) in [7, 11) is 0. The van der Waals surface area contributed by atoms with E-state index in [9.17, 15) is 4.79 Å². The molecule has 0 saturated carbocycles. The number of benzene rings is 1. The molecule has 0 amide bonds. The van der Waals surface area contributed by atoms with Crippen molar-refractivity contribution in [2.24, 2.45) is 0 Å². The summed E-state index contributed by atoms with van der Waals surface area (Å²) in [4.78, 5) is 11.0. The van der Waals surface area contributed by atoms with Gasteiger partial charge >= 0.3 is 5.97 Å². The summed E-state index contributed by atoms with van der Waals surface area (Å²) < 4.78 is 5.06. The standard InChI is InChI=1S/C14H20O2/c1-3-5-6-12-7-9-13(10-8-12)11-16-14(15)4-2/h7-10H,3-6,11H2,1-2H3. The third-order valence-corrected chi connectivity index (χ3v) is 2.53. The topological polar surface area (TPSA) is 26.3 Å². The molecule has 0 fully saturated rings. The van der Waals surface area contributed by atoms with Crippen LogP contribution in [0.2, 0.25) is 0 Å². The molecule has 0 N–H and O–H groups in total. The van der Waals surface area contributed by atoms with Crippen molar-refractivity contribution in [3.05, 3.63) is 35.4 Å². The zero-order chi connectivity index (χ0) is 11.8. The summed E-state index contributed by atoms with van der Waals surface area (Å²) in [6.07, 6.45) is 4.01. The highest BCUT2D eigenvalue weighted by atomic mass is 16.5. The molecule has 0 aliphatic heterocycles. The van der Waals surface area contributed by atoms with Gasteiger partial charge in [-0.3, -0.25) is 4.79 Å². The van der Waals surface area contributed by atoms with Gasteiger partial charge in [0.1, 0.15) is 6.61 Å². The zero-order valence-electron chi connectivity index (χ0n) is 10.2. The van der Waals surface area contributed by atoms with Gasteiger partial charge in [0.2, 0.25) is 0 Å². The monoisotopic (exact) mass is 220 g/mol. The molecule has 0 aromatic heterocycles. The first-order valence-corrected chi connectivity index (χ1v) is 5.99. The van der Waals surface area contributed by atoms with E-state index in [1.54, 1.807) is 6.92 Å². The highest BCUT2D eigenvalue weighted by Crippen LogP contribution is 2.09. The molecule has 1 aromatic carbocycles. The lowest BCUT2D eigenvalue weighted by Crippen LogP contribution is -2.02. The summed E-state index contributed by atoms with van der Waals surface area (Å²) in [5.74, 6) is -0.143. The van der Waals surface area contributed by atoms with Crippen LogP contribution >= 0.6 is 0 Å². The van der Waals surface area contributed by atoms with E-state index in [0.717, 1.165) is 12.0 Å². The van der Waals surface area contributed by atoms with E-state index in [1.165, 1.54) is 18.4 Å². The Morgan fingerprint density at radius 1 is 1.12 bits per heavy atom. The van der Waals surface area contributed by atoms with E-state index in [-0.39, 0.29) is 5.97 Å². The predicted octanol–water partition coefficient (Wildman–Crippen LogP) is 3.48. The van der Waals surface area contributed by atoms with Gasteiger partial charge in [-0.15, -0.1) is 0 Å². The van der Waals surface area contributed by atoms with Gasteiger partial charge in [0, 0.05) is 6.42 Å². The van der Waals surface area contributed by atoms with E-state index in [0.29, 0.717) is 13.0 Å². The number of aryl methyl sites for hydroxylation is 1. The van der Waals surface area contributed by atoms with Crippen molar-refractivity contribution in [1.82, 2.24) is 0 Å². The van der Waals surface area contributed by atoms with Crippen LogP contribution < -0.4 is 0 Å². The van der Waals surface area contributed by atoms with Crippen LogP contribution in [-0.2, 0) is 22.6 Å². The lowest BCUT2D eigenvalue weighted by molar-refractivity contribution is -0.144. The molecule has 0 aliphatic carbocycles. The zero-order valence-corrected chi connectivity index (χ0v) is 10.2. The second kappa shape index (κ2) is 7.04. The molecule has 0 aliphatic rings. The van der Waals surface area contributed by atoms with Gasteiger partial charge < -0.3 is 4.74 Å². The lowest BCUT2D eigenvalue weighted by Gasteiger charge is -2.05. The molecule has 88 valence electrons. The van der Waals surface area contributed by atoms with Crippen molar-refractivity contribution < 1.29 is 9.53 Å². The maximum absolute atomic E-state index is 11.0. The molecule has 0 spiro atoms. The first-order chi connectivity index (χ1) is 7.76. The van der Waals surface area contributed by atoms with Crippen molar-refractivity contribution in [3.8, 4) is 0 Å². The van der Waals surface area contributed by atoms with Crippen molar-refractivity contribution in [1.29, 1.82) is 0 Å². The van der Waals surface area contributed by atoms with E-state index in [4.69, 9.17) is 4.74 Å². The number of esters is 1. The number of carbonyl (C=O) groups is 1. The number of carbonyl (C=O) groups excluding carboxylic acids is 1. The maximum Gasteiger partial charge on any atom is 0.305 e. The Morgan fingerprint density at radius 2 is 1.75 bits per heavy atom. The number of unbranched alkanes of at least 4 members (excludes halogenated alkanes) is 1. The summed E-state index contributed by atoms with van der Waals surface area (Å²) >= 11 is 0. The molecule has 0 bridgehead atoms. The number of rotatable bonds is 6. The van der Waals surface area contributed by atoms with E-state index >= 15 is 0 Å². The van der Waals surface area contributed by atoms with Crippen LogP contribution in [0.15, 0.2) is 24.3 Å². The quantitative estimate of drug-likeness (QED) is 0.686. The van der Waals surface area contributed by atoms with Gasteiger partial charge in [0.25, 0.3) is 0 Å². The third-order valence-electron chi connectivity index (χ3n) is 2.53. The Bertz CT molecular complexity index is 314. The Morgan fingerprint density at radius 3 is 2.31 bits per heavy atom. The van der Waals surface area contributed by atoms with Crippen molar-refractivity contribution in [3.63, 3.8) is 0 Å². The average molecular weight is 220 g/mol. The van der Waals surface area contributed by atoms with Gasteiger partial charge in [-0.05, 0) is 24.0 Å². The van der Waals surface area contributed by atoms with Crippen LogP contribution in [0.5, 0.6) is 0 Å². The van der Waals surface area contributed by atoms with Gasteiger partial charge in [0.15, 0.2) is 0 Å². The predicted molar refractivity (Wildman–Crippen MR) is 65.1 cm³/mol. The minimum absolute atomic E-state index is 0.143. The Balaban J connectivity index is 2.41. The summed E-state index contributed by atoms with van der Waals surface area (Å²) in [5.41, 5.74) is 2.41. The second-order valence-corrected chi connectivity index (χ2v) is 3.93. The van der Waals surface area contributed by atoms with Crippen LogP contribution in [0.1, 0.15) is 44.2 Å². The Kier molecular flexibility index (Phi) is 5.62. The molecule has 0 unspecified atom stereocenters. The number of ether oxygens (including phenoxy) is 1. The average Bonchev–Trinajstić information content (AvgIpc) is 2.34. The van der Waals surface area contributed by atoms with Crippen molar-refractivity contribution >= 4 is 5.97 Å². The highest BCUT2D eigenvalue weighted by molar-refractivity contribution is 5.68. The highest BCUT2D eigenvalue weighted by Gasteiger charge is 1.99. The van der Waals surface area contributed by atoms with Crippen molar-refractivity contribution in [2.75, 3.05) is 0 Å². The van der Waals surface area contributed by atoms with Crippen LogP contribution in [0.25, 0.3) is 0 Å². The molecule has 2 heteroatoms. The van der Waals surface area contributed by atoms with Crippen molar-refractivity contribution in [2.45, 2.75) is 46.1 Å². The first kappa shape index (κ1) is 12.8. The van der Waals surface area contributed by atoms with E-state index < -0.39 is 0 Å². The van der Waals surface area contributed by atoms with Crippen LogP contribution in [-0.4, -0.2) is 5.97 Å². The fraction of sp³-hybridized carbons (Fsp3) is 0.500. The van der Waals surface area contributed by atoms with E-state index in [2.05, 4.69) is 19.1 Å². The van der Waals surface area contributed by atoms with Crippen LogP contribution in [0.3, 0.4) is 0 Å². The van der Waals surface area contributed by atoms with Gasteiger partial charge in [-0.2, -0.15) is 0 Å². The molecule has 1 aromatic rings. The molecule has 0 atom stereocenters.